The number of esters is 1. The van der Waals surface area contributed by atoms with E-state index in [2.05, 4.69) is 14.8 Å². The average Bonchev–Trinajstić information content (AvgIpc) is 3.14. The van der Waals surface area contributed by atoms with E-state index >= 15 is 0 Å². The predicted molar refractivity (Wildman–Crippen MR) is 112 cm³/mol. The second kappa shape index (κ2) is 10.5. The maximum absolute atomic E-state index is 13.7. The van der Waals surface area contributed by atoms with Crippen LogP contribution in [0.25, 0.3) is 0 Å². The Balaban J connectivity index is 1.63. The number of carbonyl (C=O) groups is 1. The number of aliphatic hydroxyl groups excluding tert-OH is 1. The van der Waals surface area contributed by atoms with Gasteiger partial charge in [0.25, 0.3) is 0 Å². The highest BCUT2D eigenvalue weighted by atomic mass is 31.2. The minimum Gasteiger partial charge on any atom is -0.468 e. The van der Waals surface area contributed by atoms with Gasteiger partial charge in [0, 0.05) is 6.42 Å². The first-order valence-electron chi connectivity index (χ1n) is 9.84. The minimum absolute atomic E-state index is 0.0602. The fourth-order valence-corrected chi connectivity index (χ4v) is 4.30. The summed E-state index contributed by atoms with van der Waals surface area (Å²) in [5.41, 5.74) is 5.08. The molecule has 14 heteroatoms. The number of aliphatic hydroxyl groups is 1. The molecule has 1 fully saturated rings. The number of anilines is 1. The van der Waals surface area contributed by atoms with Gasteiger partial charge in [0.05, 0.1) is 26.0 Å². The molecule has 1 aliphatic heterocycles. The lowest BCUT2D eigenvalue weighted by Crippen LogP contribution is -2.38. The molecule has 12 nitrogen and oxygen atoms in total. The lowest BCUT2D eigenvalue weighted by atomic mass is 10.1. The molecule has 5 N–H and O–H groups in total. The molecular formula is C19H24FN4O8P. The van der Waals surface area contributed by atoms with Gasteiger partial charge >= 0.3 is 19.4 Å². The number of hydrogen-bond donors (Lipinski definition) is 4. The van der Waals surface area contributed by atoms with Crippen molar-refractivity contribution in [3.8, 4) is 0 Å². The number of nitrogens with two attached hydrogens (primary N) is 1. The fourth-order valence-electron chi connectivity index (χ4n) is 3.28. The van der Waals surface area contributed by atoms with Gasteiger partial charge in [-0.1, -0.05) is 30.3 Å². The lowest BCUT2D eigenvalue weighted by molar-refractivity contribution is -0.142. The third kappa shape index (κ3) is 6.44. The number of ether oxygens (including phenoxy) is 2. The van der Waals surface area contributed by atoms with Crippen LogP contribution >= 0.6 is 7.75 Å². The van der Waals surface area contributed by atoms with Gasteiger partial charge in [0.1, 0.15) is 18.4 Å². The summed E-state index contributed by atoms with van der Waals surface area (Å²) < 4.78 is 42.2. The van der Waals surface area contributed by atoms with Crippen LogP contribution in [0, 0.1) is 5.82 Å². The Bertz CT molecular complexity index is 1090. The van der Waals surface area contributed by atoms with E-state index in [4.69, 9.17) is 15.0 Å². The Morgan fingerprint density at radius 2 is 2.15 bits per heavy atom. The molecule has 180 valence electrons. The van der Waals surface area contributed by atoms with Gasteiger partial charge in [0.2, 0.25) is 0 Å². The number of halogens is 1. The molecular weight excluding hydrogens is 462 g/mol. The molecule has 33 heavy (non-hydrogen) atoms. The topological polar surface area (TPSA) is 175 Å². The quantitative estimate of drug-likeness (QED) is 0.279. The van der Waals surface area contributed by atoms with E-state index in [0.717, 1.165) is 17.9 Å². The van der Waals surface area contributed by atoms with E-state index in [-0.39, 0.29) is 12.8 Å². The summed E-state index contributed by atoms with van der Waals surface area (Å²) in [6.45, 7) is -0.558. The Morgan fingerprint density at radius 3 is 2.82 bits per heavy atom. The van der Waals surface area contributed by atoms with Crippen LogP contribution < -0.4 is 16.5 Å². The Hall–Kier alpha value is -2.67. The van der Waals surface area contributed by atoms with E-state index in [9.17, 15) is 28.5 Å². The van der Waals surface area contributed by atoms with E-state index in [1.807, 2.05) is 0 Å². The Morgan fingerprint density at radius 1 is 1.45 bits per heavy atom. The highest BCUT2D eigenvalue weighted by Gasteiger charge is 2.38. The van der Waals surface area contributed by atoms with Crippen LogP contribution in [0.2, 0.25) is 0 Å². The van der Waals surface area contributed by atoms with Crippen molar-refractivity contribution >= 4 is 19.5 Å². The van der Waals surface area contributed by atoms with Crippen molar-refractivity contribution in [1.82, 2.24) is 14.6 Å². The van der Waals surface area contributed by atoms with Gasteiger partial charge in [-0.15, -0.1) is 0 Å². The summed E-state index contributed by atoms with van der Waals surface area (Å²) in [6.07, 6.45) is -2.66. The van der Waals surface area contributed by atoms with Crippen molar-refractivity contribution in [1.29, 1.82) is 0 Å². The third-order valence-corrected chi connectivity index (χ3v) is 6.09. The number of hydrogen-bond acceptors (Lipinski definition) is 9. The Labute approximate surface area is 187 Å². The summed E-state index contributed by atoms with van der Waals surface area (Å²) in [5, 5.41) is 12.5. The first-order valence-corrected chi connectivity index (χ1v) is 11.4. The minimum atomic E-state index is -4.55. The molecule has 1 unspecified atom stereocenters. The normalized spacial score (nSPS) is 23.1. The average molecular weight is 486 g/mol. The van der Waals surface area contributed by atoms with Crippen molar-refractivity contribution in [2.45, 2.75) is 37.3 Å². The van der Waals surface area contributed by atoms with Crippen LogP contribution in [-0.4, -0.2) is 57.5 Å². The van der Waals surface area contributed by atoms with E-state index < -0.39 is 62.1 Å². The molecule has 0 aliphatic carbocycles. The zero-order chi connectivity index (χ0) is 24.2. The van der Waals surface area contributed by atoms with E-state index in [1.54, 1.807) is 30.3 Å². The molecule has 1 aliphatic rings. The lowest BCUT2D eigenvalue weighted by Gasteiger charge is -2.22. The second-order valence-corrected chi connectivity index (χ2v) is 8.86. The maximum Gasteiger partial charge on any atom is 0.403 e. The molecule has 0 radical (unpaired) electrons. The number of carbonyl (C=O) groups excluding carboxylic acids is 1. The van der Waals surface area contributed by atoms with Gasteiger partial charge in [-0.05, 0) is 12.0 Å². The van der Waals surface area contributed by atoms with Gasteiger partial charge in [-0.3, -0.25) is 13.9 Å². The van der Waals surface area contributed by atoms with Gasteiger partial charge in [-0.2, -0.15) is 4.98 Å². The smallest absolute Gasteiger partial charge is 0.403 e. The molecule has 2 aromatic rings. The monoisotopic (exact) mass is 486 g/mol. The standard InChI is InChI=1S/C19H24FN4O8P/c1-30-18(26)13(7-11-5-3-2-4-6-11)23-33(28,29)31-10-15-14(25)8-16(32-15)24-9-12(20)17(21)22-19(24)27/h2-6,9,13-16,25H,7-8,10H2,1H3,(H2,21,22,27)(H2,23,28,29)/t13-,14-,15+,16+/m0/s1. The van der Waals surface area contributed by atoms with E-state index in [0.29, 0.717) is 5.56 Å². The largest absolute Gasteiger partial charge is 0.468 e. The van der Waals surface area contributed by atoms with Crippen molar-refractivity contribution in [2.75, 3.05) is 19.5 Å². The second-order valence-electron chi connectivity index (χ2n) is 7.31. The molecule has 1 saturated heterocycles. The molecule has 5 atom stereocenters. The van der Waals surface area contributed by atoms with Crippen LogP contribution in [0.1, 0.15) is 18.2 Å². The number of aromatic nitrogens is 2. The highest BCUT2D eigenvalue weighted by molar-refractivity contribution is 7.50. The van der Waals surface area contributed by atoms with Crippen LogP contribution in [-0.2, 0) is 29.8 Å². The summed E-state index contributed by atoms with van der Waals surface area (Å²) in [5.74, 6) is -2.28. The van der Waals surface area contributed by atoms with Crippen LogP contribution in [0.3, 0.4) is 0 Å². The number of nitrogen functional groups attached to an aromatic ring is 1. The molecule has 3 rings (SSSR count). The van der Waals surface area contributed by atoms with Crippen molar-refractivity contribution < 1.29 is 37.7 Å². The number of nitrogens with one attached hydrogen (secondary N) is 1. The fraction of sp³-hybridized carbons (Fsp3) is 0.421. The molecule has 0 saturated carbocycles. The number of rotatable bonds is 9. The van der Waals surface area contributed by atoms with Crippen molar-refractivity contribution in [2.24, 2.45) is 0 Å². The summed E-state index contributed by atoms with van der Waals surface area (Å²) in [7, 11) is -3.40. The highest BCUT2D eigenvalue weighted by Crippen LogP contribution is 2.40. The molecule has 0 bridgehead atoms. The zero-order valence-corrected chi connectivity index (χ0v) is 18.4. The van der Waals surface area contributed by atoms with Crippen LogP contribution in [0.4, 0.5) is 10.2 Å². The predicted octanol–water partition coefficient (Wildman–Crippen LogP) is 0.104. The van der Waals surface area contributed by atoms with Crippen LogP contribution in [0.15, 0.2) is 41.3 Å². The molecule has 1 aromatic heterocycles. The van der Waals surface area contributed by atoms with Gasteiger partial charge in [0.15, 0.2) is 11.6 Å². The van der Waals surface area contributed by atoms with Gasteiger partial charge < -0.3 is 25.2 Å². The summed E-state index contributed by atoms with van der Waals surface area (Å²) in [6, 6.07) is 7.58. The van der Waals surface area contributed by atoms with Crippen molar-refractivity contribution in [3.63, 3.8) is 0 Å². The Kier molecular flexibility index (Phi) is 7.95. The molecule has 2 heterocycles. The molecule has 1 aromatic carbocycles. The molecule has 0 amide bonds. The first kappa shape index (κ1) is 25.0. The number of methoxy groups -OCH3 is 1. The van der Waals surface area contributed by atoms with Crippen molar-refractivity contribution in [3.05, 3.63) is 58.4 Å². The van der Waals surface area contributed by atoms with Crippen LogP contribution in [0.5, 0.6) is 0 Å². The summed E-state index contributed by atoms with van der Waals surface area (Å²) in [4.78, 5) is 37.5. The molecule has 0 spiro atoms. The first-order chi connectivity index (χ1) is 15.6. The SMILES string of the molecule is COC(=O)[C@H](Cc1ccccc1)NP(=O)(O)OC[C@H]1O[C@@H](n2cc(F)c(N)nc2=O)C[C@@H]1O. The third-order valence-electron chi connectivity index (χ3n) is 4.95. The number of nitrogens with zero attached hydrogens (tertiary/aromatic N) is 2. The van der Waals surface area contributed by atoms with E-state index in [1.165, 1.54) is 0 Å². The van der Waals surface area contributed by atoms with Gasteiger partial charge in [-0.25, -0.2) is 18.8 Å². The zero-order valence-electron chi connectivity index (χ0n) is 17.5. The number of benzene rings is 1. The maximum atomic E-state index is 13.7. The summed E-state index contributed by atoms with van der Waals surface area (Å²) >= 11 is 0.